The minimum Gasteiger partial charge on any atom is -0.480 e. The molecule has 0 bridgehead atoms. The molecule has 1 aliphatic heterocycles. The van der Waals surface area contributed by atoms with E-state index in [0.29, 0.717) is 32.4 Å². The van der Waals surface area contributed by atoms with Gasteiger partial charge in [-0.15, -0.1) is 0 Å². The van der Waals surface area contributed by atoms with Crippen LogP contribution in [0.25, 0.3) is 0 Å². The molecule has 1 aromatic rings. The van der Waals surface area contributed by atoms with E-state index < -0.39 is 23.4 Å². The third-order valence-corrected chi connectivity index (χ3v) is 5.92. The summed E-state index contributed by atoms with van der Waals surface area (Å²) in [6.07, 6.45) is 9.32. The van der Waals surface area contributed by atoms with E-state index in [1.165, 1.54) is 12.2 Å². The standard InChI is InChI=1S/C21H24N2O5/c1-14-17(19(25)26)5-2-8-21(14,20(27)28)23-10-6-16(7-11-23)18(24)12-15-4-3-9-22-13-15/h2-5,8-9,13-14,16H,6-7,10-12H2,1H3,(H,25,26)(H,27,28). The Balaban J connectivity index is 1.71. The van der Waals surface area contributed by atoms with Gasteiger partial charge < -0.3 is 10.2 Å². The summed E-state index contributed by atoms with van der Waals surface area (Å²) in [4.78, 5) is 42.2. The summed E-state index contributed by atoms with van der Waals surface area (Å²) in [6, 6.07) is 3.67. The van der Waals surface area contributed by atoms with E-state index in [0.717, 1.165) is 5.56 Å². The average molecular weight is 384 g/mol. The maximum atomic E-state index is 12.6. The smallest absolute Gasteiger partial charge is 0.331 e. The molecule has 2 aliphatic rings. The summed E-state index contributed by atoms with van der Waals surface area (Å²) in [5, 5.41) is 19.4. The lowest BCUT2D eigenvalue weighted by atomic mass is 9.74. The normalized spacial score (nSPS) is 25.9. The number of allylic oxidation sites excluding steroid dienone is 2. The number of hydrogen-bond donors (Lipinski definition) is 2. The molecule has 2 N–H and O–H groups in total. The van der Waals surface area contributed by atoms with Crippen molar-refractivity contribution in [2.75, 3.05) is 13.1 Å². The Morgan fingerprint density at radius 1 is 1.25 bits per heavy atom. The molecule has 7 heteroatoms. The van der Waals surface area contributed by atoms with Crippen molar-refractivity contribution in [3.8, 4) is 0 Å². The zero-order chi connectivity index (χ0) is 20.3. The molecule has 0 aromatic carbocycles. The van der Waals surface area contributed by atoms with Crippen LogP contribution in [0.4, 0.5) is 0 Å². The second-order valence-corrected chi connectivity index (χ2v) is 7.40. The molecule has 2 unspecified atom stereocenters. The van der Waals surface area contributed by atoms with Crippen LogP contribution in [0.15, 0.2) is 48.3 Å². The van der Waals surface area contributed by atoms with Crippen LogP contribution in [0.5, 0.6) is 0 Å². The molecular formula is C21H24N2O5. The minimum absolute atomic E-state index is 0.0830. The number of aromatic nitrogens is 1. The molecule has 1 saturated heterocycles. The maximum absolute atomic E-state index is 12.6. The Morgan fingerprint density at radius 3 is 2.54 bits per heavy atom. The van der Waals surface area contributed by atoms with E-state index in [-0.39, 0.29) is 17.3 Å². The molecule has 3 rings (SSSR count). The average Bonchev–Trinajstić information content (AvgIpc) is 2.68. The fourth-order valence-corrected chi connectivity index (χ4v) is 4.27. The Bertz CT molecular complexity index is 824. The lowest BCUT2D eigenvalue weighted by Gasteiger charge is -2.46. The van der Waals surface area contributed by atoms with Crippen LogP contribution in [0, 0.1) is 11.8 Å². The van der Waals surface area contributed by atoms with Crippen molar-refractivity contribution >= 4 is 17.7 Å². The number of piperidine rings is 1. The number of Topliss-reactive ketones (excluding diaryl/α,β-unsaturated/α-hetero) is 1. The molecule has 2 heterocycles. The van der Waals surface area contributed by atoms with Gasteiger partial charge >= 0.3 is 11.9 Å². The van der Waals surface area contributed by atoms with Crippen molar-refractivity contribution in [2.24, 2.45) is 11.8 Å². The number of carbonyl (C=O) groups is 3. The lowest BCUT2D eigenvalue weighted by molar-refractivity contribution is -0.152. The van der Waals surface area contributed by atoms with Crippen LogP contribution in [0.1, 0.15) is 25.3 Å². The van der Waals surface area contributed by atoms with Crippen molar-refractivity contribution in [1.82, 2.24) is 9.88 Å². The van der Waals surface area contributed by atoms with Crippen LogP contribution in [-0.2, 0) is 20.8 Å². The predicted molar refractivity (Wildman–Crippen MR) is 102 cm³/mol. The predicted octanol–water partition coefficient (Wildman–Crippen LogP) is 1.95. The SMILES string of the molecule is CC1C(C(=O)O)=CC=CC1(C(=O)O)N1CCC(C(=O)Cc2cccnc2)CC1. The molecule has 0 amide bonds. The number of aliphatic carboxylic acids is 2. The van der Waals surface area contributed by atoms with Gasteiger partial charge in [0.05, 0.1) is 0 Å². The van der Waals surface area contributed by atoms with Gasteiger partial charge in [0.1, 0.15) is 11.3 Å². The van der Waals surface area contributed by atoms with E-state index in [9.17, 15) is 24.6 Å². The Kier molecular flexibility index (Phi) is 5.74. The van der Waals surface area contributed by atoms with Crippen molar-refractivity contribution < 1.29 is 24.6 Å². The second-order valence-electron chi connectivity index (χ2n) is 7.40. The largest absolute Gasteiger partial charge is 0.480 e. The Morgan fingerprint density at radius 2 is 1.96 bits per heavy atom. The highest BCUT2D eigenvalue weighted by molar-refractivity contribution is 5.93. The van der Waals surface area contributed by atoms with Gasteiger partial charge in [-0.25, -0.2) is 9.59 Å². The van der Waals surface area contributed by atoms with Crippen LogP contribution in [0.3, 0.4) is 0 Å². The van der Waals surface area contributed by atoms with Crippen LogP contribution < -0.4 is 0 Å². The quantitative estimate of drug-likeness (QED) is 0.772. The fraction of sp³-hybridized carbons (Fsp3) is 0.429. The van der Waals surface area contributed by atoms with E-state index in [1.807, 2.05) is 6.07 Å². The number of carboxylic acid groups (broad SMARTS) is 2. The van der Waals surface area contributed by atoms with Crippen molar-refractivity contribution in [2.45, 2.75) is 31.7 Å². The Labute approximate surface area is 163 Å². The Hall–Kier alpha value is -2.80. The highest BCUT2D eigenvalue weighted by Gasteiger charge is 2.51. The van der Waals surface area contributed by atoms with Gasteiger partial charge in [0, 0.05) is 49.3 Å². The molecule has 0 saturated carbocycles. The topological polar surface area (TPSA) is 108 Å². The van der Waals surface area contributed by atoms with Gasteiger partial charge in [-0.2, -0.15) is 0 Å². The number of rotatable bonds is 6. The van der Waals surface area contributed by atoms with E-state index >= 15 is 0 Å². The number of carbonyl (C=O) groups excluding carboxylic acids is 1. The van der Waals surface area contributed by atoms with Gasteiger partial charge in [-0.05, 0) is 24.5 Å². The van der Waals surface area contributed by atoms with Gasteiger partial charge in [0.25, 0.3) is 0 Å². The van der Waals surface area contributed by atoms with Crippen LogP contribution in [0.2, 0.25) is 0 Å². The van der Waals surface area contributed by atoms with Crippen molar-refractivity contribution in [1.29, 1.82) is 0 Å². The third-order valence-electron chi connectivity index (χ3n) is 5.92. The van der Waals surface area contributed by atoms with E-state index in [4.69, 9.17) is 0 Å². The van der Waals surface area contributed by atoms with Gasteiger partial charge in [-0.1, -0.05) is 31.2 Å². The van der Waals surface area contributed by atoms with Crippen LogP contribution in [-0.4, -0.2) is 56.4 Å². The van der Waals surface area contributed by atoms with Gasteiger partial charge in [0.15, 0.2) is 0 Å². The molecule has 148 valence electrons. The van der Waals surface area contributed by atoms with E-state index in [1.54, 1.807) is 36.4 Å². The first-order valence-electron chi connectivity index (χ1n) is 9.39. The molecule has 1 fully saturated rings. The molecule has 7 nitrogen and oxygen atoms in total. The fourth-order valence-electron chi connectivity index (χ4n) is 4.27. The molecule has 0 radical (unpaired) electrons. The number of carboxylic acids is 2. The first kappa shape index (κ1) is 19.9. The number of likely N-dealkylation sites (tertiary alicyclic amines) is 1. The zero-order valence-corrected chi connectivity index (χ0v) is 15.7. The molecule has 0 spiro atoms. The number of hydrogen-bond acceptors (Lipinski definition) is 5. The second kappa shape index (κ2) is 8.06. The first-order chi connectivity index (χ1) is 13.4. The lowest BCUT2D eigenvalue weighted by Crippen LogP contribution is -2.61. The molecular weight excluding hydrogens is 360 g/mol. The molecule has 28 heavy (non-hydrogen) atoms. The number of pyridine rings is 1. The first-order valence-corrected chi connectivity index (χ1v) is 9.39. The minimum atomic E-state index is -1.40. The highest BCUT2D eigenvalue weighted by Crippen LogP contribution is 2.38. The summed E-state index contributed by atoms with van der Waals surface area (Å²) in [7, 11) is 0. The summed E-state index contributed by atoms with van der Waals surface area (Å²) < 4.78 is 0. The van der Waals surface area contributed by atoms with Crippen molar-refractivity contribution in [3.05, 3.63) is 53.9 Å². The monoisotopic (exact) mass is 384 g/mol. The molecule has 1 aliphatic carbocycles. The third kappa shape index (κ3) is 3.62. The zero-order valence-electron chi connectivity index (χ0n) is 15.7. The van der Waals surface area contributed by atoms with Crippen LogP contribution >= 0.6 is 0 Å². The number of ketones is 1. The van der Waals surface area contributed by atoms with E-state index in [2.05, 4.69) is 4.98 Å². The summed E-state index contributed by atoms with van der Waals surface area (Å²) in [5.74, 6) is -2.86. The van der Waals surface area contributed by atoms with Gasteiger partial charge in [-0.3, -0.25) is 14.7 Å². The maximum Gasteiger partial charge on any atom is 0.331 e. The summed E-state index contributed by atoms with van der Waals surface area (Å²) >= 11 is 0. The summed E-state index contributed by atoms with van der Waals surface area (Å²) in [5.41, 5.74) is -0.448. The number of nitrogens with zero attached hydrogens (tertiary/aromatic N) is 2. The van der Waals surface area contributed by atoms with Gasteiger partial charge in [0.2, 0.25) is 0 Å². The molecule has 1 aromatic heterocycles. The molecule has 2 atom stereocenters. The summed E-state index contributed by atoms with van der Waals surface area (Å²) in [6.45, 7) is 2.49. The highest BCUT2D eigenvalue weighted by atomic mass is 16.4. The van der Waals surface area contributed by atoms with Crippen molar-refractivity contribution in [3.63, 3.8) is 0 Å².